The van der Waals surface area contributed by atoms with Gasteiger partial charge in [-0.25, -0.2) is 8.42 Å². The predicted molar refractivity (Wildman–Crippen MR) is 268 cm³/mol. The number of carbonyl (C=O) groups is 2. The Kier molecular flexibility index (Phi) is 33.0. The van der Waals surface area contributed by atoms with Gasteiger partial charge in [-0.1, -0.05) is 203 Å². The van der Waals surface area contributed by atoms with Crippen LogP contribution in [0.3, 0.4) is 0 Å². The molecule has 0 aromatic heterocycles. The Bertz CT molecular complexity index is 2110. The summed E-state index contributed by atoms with van der Waals surface area (Å²) in [6.45, 7) is 22.0. The third kappa shape index (κ3) is 30.3. The summed E-state index contributed by atoms with van der Waals surface area (Å²) < 4.78 is 32.2. The minimum atomic E-state index is -4.71. The molecule has 0 saturated carbocycles. The van der Waals surface area contributed by atoms with Crippen molar-refractivity contribution >= 4 is 34.3 Å². The smallest absolute Gasteiger partial charge is 0.746 e. The summed E-state index contributed by atoms with van der Waals surface area (Å²) in [5, 5.41) is 18.0. The maximum Gasteiger partial charge on any atom is 1.00 e. The fraction of sp³-hybridized carbons (Fsp3) is 0.418. The van der Waals surface area contributed by atoms with Gasteiger partial charge in [-0.15, -0.1) is 12.4 Å². The van der Waals surface area contributed by atoms with Crippen LogP contribution in [0, 0.1) is 46.5 Å². The second kappa shape index (κ2) is 33.8. The summed E-state index contributed by atoms with van der Waals surface area (Å²) in [5.74, 6) is 1.09. The first kappa shape index (κ1) is 63.5. The quantitative estimate of drug-likeness (QED) is 0.0790. The number of hydrogen-bond donors (Lipinski definition) is 2. The van der Waals surface area contributed by atoms with Crippen molar-refractivity contribution in [2.45, 2.75) is 139 Å². The van der Waals surface area contributed by atoms with E-state index in [1.807, 2.05) is 75.4 Å². The average molecular weight is 940 g/mol. The van der Waals surface area contributed by atoms with E-state index in [0.29, 0.717) is 12.0 Å². The van der Waals surface area contributed by atoms with Gasteiger partial charge in [-0.2, -0.15) is 0 Å². The number of rotatable bonds is 15. The van der Waals surface area contributed by atoms with Crippen LogP contribution in [-0.4, -0.2) is 39.9 Å². The minimum absolute atomic E-state index is 0. The van der Waals surface area contributed by atoms with Crippen LogP contribution in [0.1, 0.15) is 123 Å². The van der Waals surface area contributed by atoms with E-state index < -0.39 is 21.0 Å². The number of aliphatic hydroxyl groups is 1. The van der Waals surface area contributed by atoms with Crippen LogP contribution >= 0.6 is 12.4 Å². The molecule has 0 aliphatic rings. The van der Waals surface area contributed by atoms with Crippen molar-refractivity contribution in [2.24, 2.45) is 11.8 Å². The molecule has 0 heterocycles. The van der Waals surface area contributed by atoms with E-state index in [0.717, 1.165) is 41.0 Å². The van der Waals surface area contributed by atoms with Crippen LogP contribution in [0.4, 0.5) is 0 Å². The molecular weight excluding hydrogens is 863 g/mol. The number of carboxylic acid groups (broad SMARTS) is 1. The van der Waals surface area contributed by atoms with Crippen LogP contribution in [-0.2, 0) is 51.8 Å². The summed E-state index contributed by atoms with van der Waals surface area (Å²) in [4.78, 5) is 18.8. The first-order valence-electron chi connectivity index (χ1n) is 22.2. The molecule has 0 radical (unpaired) electrons. The van der Waals surface area contributed by atoms with Crippen molar-refractivity contribution in [1.82, 2.24) is 0 Å². The standard InChI is InChI=1S/2C13H20.C10H14O4S.C10H12O.C9H10O2.ClH.Na/c2*1-4-6-11(2)9-13-8-5-7-12(3)10-13;1-8-4-3-5-9(6-8)7-10(2,11)15(12,13)14;1-8-4-3-5-10(6-8)7-9(2)11;1-7-3-2-4-8(5-7)6-9(10)11;;/h2*5,7-8,10-11H,4,6,9H2,1-3H3;3-6,11H,7H2,1-2H3,(H,12,13,14);3-6H,7H2,1-2H3;2-5H,6H2,1H3,(H,10,11);1H;/q;;;;;;+1/p-1. The molecule has 0 saturated heterocycles. The summed E-state index contributed by atoms with van der Waals surface area (Å²) in [5.41, 5.74) is 11.6. The number of hydrogen-bond acceptors (Lipinski definition) is 6. The molecule has 3 atom stereocenters. The summed E-state index contributed by atoms with van der Waals surface area (Å²) in [6, 6.07) is 40.3. The fourth-order valence-electron chi connectivity index (χ4n) is 7.07. The van der Waals surface area contributed by atoms with Gasteiger partial charge in [0.05, 0.1) is 6.42 Å². The SMILES string of the molecule is CC(=O)Cc1cccc(C)c1.CCCC(C)Cc1cccc(C)c1.CCCC(C)Cc1cccc(C)c1.Cc1cccc(CC(=O)O)c1.Cc1cccc(CC(C)(O)S(=O)(=O)[O-])c1.Cl.[Na+]. The Morgan fingerprint density at radius 3 is 1.17 bits per heavy atom. The Labute approximate surface area is 421 Å². The van der Waals surface area contributed by atoms with E-state index in [4.69, 9.17) is 5.11 Å². The third-order valence-corrected chi connectivity index (χ3v) is 11.2. The van der Waals surface area contributed by atoms with Crippen LogP contribution in [0.2, 0.25) is 0 Å². The number of carboxylic acids is 1. The van der Waals surface area contributed by atoms with Gasteiger partial charge >= 0.3 is 35.5 Å². The summed E-state index contributed by atoms with van der Waals surface area (Å²) in [6.07, 6.45) is 8.22. The fourth-order valence-corrected chi connectivity index (χ4v) is 7.41. The third-order valence-electron chi connectivity index (χ3n) is 10.0. The van der Waals surface area contributed by atoms with E-state index in [-0.39, 0.29) is 60.6 Å². The molecule has 5 rings (SSSR count). The predicted octanol–water partition coefficient (Wildman–Crippen LogP) is 9.91. The minimum Gasteiger partial charge on any atom is -0.746 e. The van der Waals surface area contributed by atoms with Gasteiger partial charge in [-0.3, -0.25) is 9.59 Å². The monoisotopic (exact) mass is 938 g/mol. The normalized spacial score (nSPS) is 12.1. The number of carbonyl (C=O) groups excluding carboxylic acids is 1. The molecule has 65 heavy (non-hydrogen) atoms. The Balaban J connectivity index is 0. The Hall–Kier alpha value is -3.60. The van der Waals surface area contributed by atoms with Crippen molar-refractivity contribution in [3.8, 4) is 0 Å². The first-order valence-corrected chi connectivity index (χ1v) is 23.6. The van der Waals surface area contributed by atoms with Crippen LogP contribution in [0.15, 0.2) is 121 Å². The summed E-state index contributed by atoms with van der Waals surface area (Å²) in [7, 11) is -4.71. The van der Waals surface area contributed by atoms with Crippen LogP contribution in [0.5, 0.6) is 0 Å². The van der Waals surface area contributed by atoms with E-state index in [2.05, 4.69) is 90.1 Å². The molecule has 7 nitrogen and oxygen atoms in total. The maximum absolute atomic E-state index is 10.7. The van der Waals surface area contributed by atoms with E-state index in [1.54, 1.807) is 25.1 Å². The van der Waals surface area contributed by atoms with Crippen molar-refractivity contribution in [3.05, 3.63) is 177 Å². The van der Waals surface area contributed by atoms with Gasteiger partial charge < -0.3 is 14.8 Å². The van der Waals surface area contributed by atoms with Gasteiger partial charge in [0.2, 0.25) is 0 Å². The Morgan fingerprint density at radius 1 is 0.585 bits per heavy atom. The van der Waals surface area contributed by atoms with Crippen molar-refractivity contribution in [1.29, 1.82) is 0 Å². The molecule has 352 valence electrons. The van der Waals surface area contributed by atoms with Gasteiger partial charge in [0, 0.05) is 12.8 Å². The van der Waals surface area contributed by atoms with Crippen LogP contribution in [0.25, 0.3) is 0 Å². The number of halogens is 1. The van der Waals surface area contributed by atoms with Gasteiger partial charge in [0.25, 0.3) is 0 Å². The number of Topliss-reactive ketones (excluding diaryl/α,β-unsaturated/α-hetero) is 1. The zero-order chi connectivity index (χ0) is 47.6. The topological polar surface area (TPSA) is 132 Å². The number of aryl methyl sites for hydroxylation is 5. The maximum atomic E-state index is 10.7. The zero-order valence-corrected chi connectivity index (χ0v) is 45.0. The largest absolute Gasteiger partial charge is 1.00 e. The van der Waals surface area contributed by atoms with E-state index >= 15 is 0 Å². The second-order valence-corrected chi connectivity index (χ2v) is 19.2. The van der Waals surface area contributed by atoms with E-state index in [1.165, 1.54) is 66.3 Å². The number of ketones is 1. The first-order chi connectivity index (χ1) is 29.5. The summed E-state index contributed by atoms with van der Waals surface area (Å²) >= 11 is 0. The van der Waals surface area contributed by atoms with Gasteiger partial charge in [0.1, 0.15) is 15.9 Å². The molecule has 10 heteroatoms. The average Bonchev–Trinajstić information content (AvgIpc) is 3.15. The molecule has 0 bridgehead atoms. The molecule has 2 N–H and O–H groups in total. The molecule has 0 amide bonds. The van der Waals surface area contributed by atoms with Crippen molar-refractivity contribution < 1.29 is 62.3 Å². The molecule has 5 aromatic carbocycles. The van der Waals surface area contributed by atoms with Crippen molar-refractivity contribution in [2.75, 3.05) is 0 Å². The number of benzene rings is 5. The Morgan fingerprint density at radius 2 is 0.877 bits per heavy atom. The molecule has 3 unspecified atom stereocenters. The van der Waals surface area contributed by atoms with Crippen LogP contribution < -0.4 is 29.6 Å². The zero-order valence-electron chi connectivity index (χ0n) is 41.3. The van der Waals surface area contributed by atoms with Gasteiger partial charge in [0.15, 0.2) is 4.93 Å². The second-order valence-electron chi connectivity index (χ2n) is 17.4. The van der Waals surface area contributed by atoms with Crippen molar-refractivity contribution in [3.63, 3.8) is 0 Å². The molecular formula is C55H76ClNaO7S. The molecule has 0 aliphatic heterocycles. The molecule has 0 spiro atoms. The molecule has 5 aromatic rings. The molecule has 0 aliphatic carbocycles. The molecule has 0 fully saturated rings. The van der Waals surface area contributed by atoms with E-state index in [9.17, 15) is 27.7 Å². The number of aliphatic carboxylic acids is 1. The van der Waals surface area contributed by atoms with Gasteiger partial charge in [-0.05, 0) is 101 Å².